The van der Waals surface area contributed by atoms with Crippen LogP contribution in [0.1, 0.15) is 11.5 Å². The van der Waals surface area contributed by atoms with Crippen molar-refractivity contribution in [1.82, 2.24) is 15.0 Å². The highest BCUT2D eigenvalue weighted by Gasteiger charge is 2.36. The van der Waals surface area contributed by atoms with Gasteiger partial charge in [-0.05, 0) is 24.6 Å². The van der Waals surface area contributed by atoms with Crippen molar-refractivity contribution in [2.24, 2.45) is 0 Å². The van der Waals surface area contributed by atoms with E-state index in [1.807, 2.05) is 37.3 Å². The molecule has 1 aliphatic rings. The van der Waals surface area contributed by atoms with Gasteiger partial charge in [0.15, 0.2) is 6.10 Å². The van der Waals surface area contributed by atoms with Crippen molar-refractivity contribution in [2.45, 2.75) is 19.6 Å². The molecule has 1 aliphatic heterocycles. The van der Waals surface area contributed by atoms with E-state index in [1.165, 1.54) is 9.21 Å². The van der Waals surface area contributed by atoms with Crippen molar-refractivity contribution in [1.29, 1.82) is 0 Å². The van der Waals surface area contributed by atoms with Gasteiger partial charge in [0.2, 0.25) is 21.7 Å². The quantitative estimate of drug-likeness (QED) is 0.596. The Hall–Kier alpha value is -3.40. The molecule has 0 N–H and O–H groups in total. The van der Waals surface area contributed by atoms with E-state index < -0.39 is 16.1 Å². The van der Waals surface area contributed by atoms with Crippen molar-refractivity contribution < 1.29 is 22.5 Å². The average Bonchev–Trinajstić information content (AvgIpc) is 3.20. The molecule has 10 heteroatoms. The molecule has 9 nitrogen and oxygen atoms in total. The van der Waals surface area contributed by atoms with Gasteiger partial charge in [0.25, 0.3) is 5.91 Å². The number of sulfonamides is 1. The van der Waals surface area contributed by atoms with Crippen LogP contribution in [0.4, 0.5) is 5.69 Å². The SMILES string of the molecule is Cc1ccc2c(c1)N(S(C)(=O)=O)CC(C(=O)N(C)Cc1nc(-c3ccccc3)no1)O2. The van der Waals surface area contributed by atoms with E-state index in [2.05, 4.69) is 10.1 Å². The summed E-state index contributed by atoms with van der Waals surface area (Å²) >= 11 is 0. The fourth-order valence-corrected chi connectivity index (χ4v) is 4.26. The van der Waals surface area contributed by atoms with Crippen LogP contribution >= 0.6 is 0 Å². The van der Waals surface area contributed by atoms with Crippen LogP contribution in [0.25, 0.3) is 11.4 Å². The molecule has 3 aromatic rings. The molecule has 1 atom stereocenters. The van der Waals surface area contributed by atoms with E-state index in [0.717, 1.165) is 17.4 Å². The van der Waals surface area contributed by atoms with Gasteiger partial charge in [-0.25, -0.2) is 8.42 Å². The average molecular weight is 442 g/mol. The lowest BCUT2D eigenvalue weighted by Crippen LogP contribution is -2.50. The zero-order valence-electron chi connectivity index (χ0n) is 17.3. The molecule has 0 bridgehead atoms. The molecule has 1 amide bonds. The van der Waals surface area contributed by atoms with E-state index >= 15 is 0 Å². The largest absolute Gasteiger partial charge is 0.476 e. The lowest BCUT2D eigenvalue weighted by molar-refractivity contribution is -0.138. The van der Waals surface area contributed by atoms with Crippen LogP contribution in [0.15, 0.2) is 53.1 Å². The number of amides is 1. The minimum Gasteiger partial charge on any atom is -0.476 e. The first-order valence-corrected chi connectivity index (χ1v) is 11.5. The second kappa shape index (κ2) is 8.03. The molecule has 4 rings (SSSR count). The van der Waals surface area contributed by atoms with Gasteiger partial charge in [0, 0.05) is 12.6 Å². The first-order valence-electron chi connectivity index (χ1n) is 9.60. The van der Waals surface area contributed by atoms with Crippen molar-refractivity contribution in [3.05, 3.63) is 60.0 Å². The highest BCUT2D eigenvalue weighted by atomic mass is 32.2. The molecule has 0 saturated heterocycles. The Labute approximate surface area is 180 Å². The number of nitrogens with zero attached hydrogens (tertiary/aromatic N) is 4. The Bertz CT molecular complexity index is 1210. The molecule has 0 spiro atoms. The fraction of sp³-hybridized carbons (Fsp3) is 0.286. The molecule has 0 radical (unpaired) electrons. The summed E-state index contributed by atoms with van der Waals surface area (Å²) in [5.41, 5.74) is 2.12. The topological polar surface area (TPSA) is 106 Å². The standard InChI is InChI=1S/C21H22N4O5S/c1-14-9-10-17-16(11-14)25(31(3,27)28)12-18(29-17)21(26)24(2)13-19-22-20(23-30-19)15-7-5-4-6-8-15/h4-11,18H,12-13H2,1-3H3. The highest BCUT2D eigenvalue weighted by Crippen LogP contribution is 2.36. The summed E-state index contributed by atoms with van der Waals surface area (Å²) in [5, 5.41) is 3.95. The number of fused-ring (bicyclic) bond motifs is 1. The maximum absolute atomic E-state index is 13.0. The normalized spacial score (nSPS) is 15.8. The van der Waals surface area contributed by atoms with E-state index in [1.54, 1.807) is 25.2 Å². The molecule has 0 aliphatic carbocycles. The zero-order chi connectivity index (χ0) is 22.2. The smallest absolute Gasteiger partial charge is 0.265 e. The summed E-state index contributed by atoms with van der Waals surface area (Å²) in [6.07, 6.45) is 0.116. The fourth-order valence-electron chi connectivity index (χ4n) is 3.35. The number of carbonyl (C=O) groups excluding carboxylic acids is 1. The van der Waals surface area contributed by atoms with Crippen molar-refractivity contribution in [3.63, 3.8) is 0 Å². The zero-order valence-corrected chi connectivity index (χ0v) is 18.2. The lowest BCUT2D eigenvalue weighted by atomic mass is 10.1. The third-order valence-electron chi connectivity index (χ3n) is 4.91. The van der Waals surface area contributed by atoms with Gasteiger partial charge in [0.05, 0.1) is 25.0 Å². The van der Waals surface area contributed by atoms with Crippen LogP contribution in [-0.4, -0.2) is 55.3 Å². The van der Waals surface area contributed by atoms with Gasteiger partial charge >= 0.3 is 0 Å². The molecule has 1 unspecified atom stereocenters. The van der Waals surface area contributed by atoms with Crippen LogP contribution in [0.3, 0.4) is 0 Å². The van der Waals surface area contributed by atoms with Crippen LogP contribution in [0.5, 0.6) is 5.75 Å². The maximum Gasteiger partial charge on any atom is 0.265 e. The van der Waals surface area contributed by atoms with Gasteiger partial charge in [-0.2, -0.15) is 4.98 Å². The van der Waals surface area contributed by atoms with Crippen LogP contribution in [-0.2, 0) is 21.4 Å². The number of hydrogen-bond acceptors (Lipinski definition) is 7. The van der Waals surface area contributed by atoms with Crippen LogP contribution in [0, 0.1) is 6.92 Å². The summed E-state index contributed by atoms with van der Waals surface area (Å²) in [6.45, 7) is 1.82. The molecular weight excluding hydrogens is 420 g/mol. The summed E-state index contributed by atoms with van der Waals surface area (Å²) in [6, 6.07) is 14.6. The lowest BCUT2D eigenvalue weighted by Gasteiger charge is -2.35. The number of benzene rings is 2. The summed E-state index contributed by atoms with van der Waals surface area (Å²) in [4.78, 5) is 18.7. The Morgan fingerprint density at radius 1 is 1.23 bits per heavy atom. The van der Waals surface area contributed by atoms with Gasteiger partial charge in [-0.15, -0.1) is 0 Å². The maximum atomic E-state index is 13.0. The van der Waals surface area contributed by atoms with E-state index in [0.29, 0.717) is 17.3 Å². The van der Waals surface area contributed by atoms with Crippen molar-refractivity contribution in [3.8, 4) is 17.1 Å². The van der Waals surface area contributed by atoms with Crippen LogP contribution in [0.2, 0.25) is 0 Å². The number of anilines is 1. The van der Waals surface area contributed by atoms with Gasteiger partial charge in [-0.1, -0.05) is 41.6 Å². The number of carbonyl (C=O) groups is 1. The first-order chi connectivity index (χ1) is 14.7. The Morgan fingerprint density at radius 2 is 1.97 bits per heavy atom. The molecular formula is C21H22N4O5S. The van der Waals surface area contributed by atoms with E-state index in [-0.39, 0.29) is 24.9 Å². The van der Waals surface area contributed by atoms with Gasteiger partial charge in [-0.3, -0.25) is 9.10 Å². The molecule has 2 heterocycles. The number of likely N-dealkylation sites (N-methyl/N-ethyl adjacent to an activating group) is 1. The molecule has 2 aromatic carbocycles. The third kappa shape index (κ3) is 4.38. The molecule has 162 valence electrons. The van der Waals surface area contributed by atoms with E-state index in [9.17, 15) is 13.2 Å². The number of rotatable bonds is 5. The molecule has 1 aromatic heterocycles. The van der Waals surface area contributed by atoms with Crippen molar-refractivity contribution >= 4 is 21.6 Å². The highest BCUT2D eigenvalue weighted by molar-refractivity contribution is 7.92. The minimum absolute atomic E-state index is 0.0676. The molecule has 0 saturated carbocycles. The first kappa shape index (κ1) is 20.9. The van der Waals surface area contributed by atoms with Gasteiger partial charge < -0.3 is 14.2 Å². The predicted octanol–water partition coefficient (Wildman–Crippen LogP) is 2.23. The number of hydrogen-bond donors (Lipinski definition) is 0. The van der Waals surface area contributed by atoms with Gasteiger partial charge in [0.1, 0.15) is 5.75 Å². The number of ether oxygens (including phenoxy) is 1. The number of aryl methyl sites for hydroxylation is 1. The summed E-state index contributed by atoms with van der Waals surface area (Å²) in [5.74, 6) is 0.650. The minimum atomic E-state index is -3.59. The summed E-state index contributed by atoms with van der Waals surface area (Å²) in [7, 11) is -2.02. The molecule has 31 heavy (non-hydrogen) atoms. The second-order valence-electron chi connectivity index (χ2n) is 7.44. The Kier molecular flexibility index (Phi) is 5.40. The third-order valence-corrected chi connectivity index (χ3v) is 6.05. The van der Waals surface area contributed by atoms with Crippen molar-refractivity contribution in [2.75, 3.05) is 24.2 Å². The summed E-state index contributed by atoms with van der Waals surface area (Å²) < 4.78 is 37.0. The number of aromatic nitrogens is 2. The second-order valence-corrected chi connectivity index (χ2v) is 9.35. The van der Waals surface area contributed by atoms with E-state index in [4.69, 9.17) is 9.26 Å². The Morgan fingerprint density at radius 3 is 2.68 bits per heavy atom. The van der Waals surface area contributed by atoms with Crippen LogP contribution < -0.4 is 9.04 Å². The Balaban J connectivity index is 1.51. The predicted molar refractivity (Wildman–Crippen MR) is 114 cm³/mol. The monoisotopic (exact) mass is 442 g/mol. The molecule has 0 fully saturated rings.